The fourth-order valence-electron chi connectivity index (χ4n) is 3.83. The molecule has 0 saturated heterocycles. The molecule has 1 aliphatic rings. The SMILES string of the molecule is CCNC(=NCc1ccc(OC)cc1OC)NCC1(CCOCC)CCCC1.I. The molecule has 1 aromatic carbocycles. The Balaban J connectivity index is 0.00000420. The Kier molecular flexibility index (Phi) is 12.4. The number of hydrogen-bond acceptors (Lipinski definition) is 4. The first-order valence-corrected chi connectivity index (χ1v) is 10.5. The predicted octanol–water partition coefficient (Wildman–Crippen LogP) is 4.36. The van der Waals surface area contributed by atoms with Gasteiger partial charge in [0.25, 0.3) is 0 Å². The maximum Gasteiger partial charge on any atom is 0.191 e. The molecule has 1 aliphatic carbocycles. The number of nitrogens with zero attached hydrogens (tertiary/aromatic N) is 1. The van der Waals surface area contributed by atoms with E-state index in [0.29, 0.717) is 12.0 Å². The maximum absolute atomic E-state index is 5.63. The van der Waals surface area contributed by atoms with Crippen LogP contribution in [0.1, 0.15) is 51.5 Å². The Bertz CT molecular complexity index is 619. The molecular weight excluding hydrogens is 481 g/mol. The van der Waals surface area contributed by atoms with Crippen LogP contribution in [-0.4, -0.2) is 46.5 Å². The predicted molar refractivity (Wildman–Crippen MR) is 130 cm³/mol. The van der Waals surface area contributed by atoms with Crippen molar-refractivity contribution >= 4 is 29.9 Å². The number of benzene rings is 1. The summed E-state index contributed by atoms with van der Waals surface area (Å²) in [6.07, 6.45) is 6.26. The summed E-state index contributed by atoms with van der Waals surface area (Å²) in [6.45, 7) is 8.10. The number of methoxy groups -OCH3 is 2. The number of guanidine groups is 1. The van der Waals surface area contributed by atoms with Crippen molar-refractivity contribution in [3.8, 4) is 11.5 Å². The standard InChI is InChI=1S/C22H37N3O3.HI/c1-5-23-21(24-16-18-9-10-19(26-3)15-20(18)27-4)25-17-22(11-7-8-12-22)13-14-28-6-2;/h9-10,15H,5-8,11-14,16-17H2,1-4H3,(H2,23,24,25);1H. The summed E-state index contributed by atoms with van der Waals surface area (Å²) in [5.41, 5.74) is 1.36. The monoisotopic (exact) mass is 519 g/mol. The summed E-state index contributed by atoms with van der Waals surface area (Å²) in [7, 11) is 3.33. The third-order valence-electron chi connectivity index (χ3n) is 5.52. The first-order chi connectivity index (χ1) is 13.7. The van der Waals surface area contributed by atoms with Crippen LogP contribution < -0.4 is 20.1 Å². The van der Waals surface area contributed by atoms with Crippen molar-refractivity contribution in [1.82, 2.24) is 10.6 Å². The van der Waals surface area contributed by atoms with E-state index in [2.05, 4.69) is 24.5 Å². The molecule has 7 heteroatoms. The molecule has 1 saturated carbocycles. The zero-order valence-corrected chi connectivity index (χ0v) is 20.7. The van der Waals surface area contributed by atoms with E-state index in [1.165, 1.54) is 25.7 Å². The van der Waals surface area contributed by atoms with Gasteiger partial charge in [0.05, 0.1) is 20.8 Å². The Morgan fingerprint density at radius 2 is 1.86 bits per heavy atom. The van der Waals surface area contributed by atoms with Crippen LogP contribution in [0.4, 0.5) is 0 Å². The molecule has 2 rings (SSSR count). The molecule has 0 atom stereocenters. The molecule has 0 amide bonds. The minimum absolute atomic E-state index is 0. The lowest BCUT2D eigenvalue weighted by molar-refractivity contribution is 0.105. The molecule has 0 aliphatic heterocycles. The highest BCUT2D eigenvalue weighted by Gasteiger charge is 2.33. The summed E-state index contributed by atoms with van der Waals surface area (Å²) < 4.78 is 16.4. The second-order valence-corrected chi connectivity index (χ2v) is 7.38. The first-order valence-electron chi connectivity index (χ1n) is 10.5. The van der Waals surface area contributed by atoms with E-state index in [-0.39, 0.29) is 24.0 Å². The van der Waals surface area contributed by atoms with Gasteiger partial charge < -0.3 is 24.8 Å². The van der Waals surface area contributed by atoms with E-state index < -0.39 is 0 Å². The van der Waals surface area contributed by atoms with Crippen LogP contribution >= 0.6 is 24.0 Å². The number of aliphatic imine (C=N–C) groups is 1. The van der Waals surface area contributed by atoms with Crippen LogP contribution in [0.2, 0.25) is 0 Å². The summed E-state index contributed by atoms with van der Waals surface area (Å²) in [6, 6.07) is 5.84. The smallest absolute Gasteiger partial charge is 0.191 e. The van der Waals surface area contributed by atoms with Crippen molar-refractivity contribution in [2.45, 2.75) is 52.5 Å². The van der Waals surface area contributed by atoms with E-state index >= 15 is 0 Å². The average molecular weight is 519 g/mol. The third-order valence-corrected chi connectivity index (χ3v) is 5.52. The van der Waals surface area contributed by atoms with Crippen LogP contribution in [0, 0.1) is 5.41 Å². The fourth-order valence-corrected chi connectivity index (χ4v) is 3.83. The van der Waals surface area contributed by atoms with Gasteiger partial charge >= 0.3 is 0 Å². The average Bonchev–Trinajstić information content (AvgIpc) is 3.19. The van der Waals surface area contributed by atoms with Crippen LogP contribution in [0.3, 0.4) is 0 Å². The zero-order chi connectivity index (χ0) is 20.2. The van der Waals surface area contributed by atoms with Gasteiger partial charge in [-0.25, -0.2) is 4.99 Å². The number of rotatable bonds is 11. The van der Waals surface area contributed by atoms with Gasteiger partial charge in [-0.3, -0.25) is 0 Å². The summed E-state index contributed by atoms with van der Waals surface area (Å²) in [5.74, 6) is 2.43. The van der Waals surface area contributed by atoms with E-state index in [1.807, 2.05) is 18.2 Å². The molecular formula is C22H38IN3O3. The van der Waals surface area contributed by atoms with Gasteiger partial charge in [-0.1, -0.05) is 12.8 Å². The van der Waals surface area contributed by atoms with Gasteiger partial charge in [0, 0.05) is 37.9 Å². The van der Waals surface area contributed by atoms with Gasteiger partial charge in [-0.05, 0) is 50.7 Å². The van der Waals surface area contributed by atoms with Crippen molar-refractivity contribution < 1.29 is 14.2 Å². The van der Waals surface area contributed by atoms with E-state index in [0.717, 1.165) is 55.7 Å². The lowest BCUT2D eigenvalue weighted by Crippen LogP contribution is -2.43. The molecule has 0 bridgehead atoms. The Labute approximate surface area is 193 Å². The van der Waals surface area contributed by atoms with E-state index in [4.69, 9.17) is 19.2 Å². The number of nitrogens with one attached hydrogen (secondary N) is 2. The third kappa shape index (κ3) is 8.20. The lowest BCUT2D eigenvalue weighted by atomic mass is 9.83. The van der Waals surface area contributed by atoms with E-state index in [9.17, 15) is 0 Å². The normalized spacial score (nSPS) is 15.5. The molecule has 0 aromatic heterocycles. The largest absolute Gasteiger partial charge is 0.497 e. The highest BCUT2D eigenvalue weighted by Crippen LogP contribution is 2.40. The summed E-state index contributed by atoms with van der Waals surface area (Å²) >= 11 is 0. The molecule has 2 N–H and O–H groups in total. The summed E-state index contributed by atoms with van der Waals surface area (Å²) in [5, 5.41) is 6.94. The van der Waals surface area contributed by atoms with Gasteiger partial charge in [0.2, 0.25) is 0 Å². The van der Waals surface area contributed by atoms with Crippen molar-refractivity contribution in [3.63, 3.8) is 0 Å². The number of halogens is 1. The van der Waals surface area contributed by atoms with Crippen molar-refractivity contribution in [3.05, 3.63) is 23.8 Å². The highest BCUT2D eigenvalue weighted by atomic mass is 127. The topological polar surface area (TPSA) is 64.1 Å². The van der Waals surface area contributed by atoms with Gasteiger partial charge in [0.15, 0.2) is 5.96 Å². The minimum Gasteiger partial charge on any atom is -0.497 e. The Morgan fingerprint density at radius 3 is 2.48 bits per heavy atom. The maximum atomic E-state index is 5.63. The first kappa shape index (κ1) is 25.8. The lowest BCUT2D eigenvalue weighted by Gasteiger charge is -2.30. The van der Waals surface area contributed by atoms with Gasteiger partial charge in [0.1, 0.15) is 11.5 Å². The van der Waals surface area contributed by atoms with Gasteiger partial charge in [-0.15, -0.1) is 24.0 Å². The Morgan fingerprint density at radius 1 is 1.10 bits per heavy atom. The minimum atomic E-state index is 0. The quantitative estimate of drug-likeness (QED) is 0.197. The van der Waals surface area contributed by atoms with E-state index in [1.54, 1.807) is 14.2 Å². The molecule has 0 spiro atoms. The molecule has 1 aromatic rings. The number of hydrogen-bond donors (Lipinski definition) is 2. The molecule has 1 fully saturated rings. The van der Waals surface area contributed by atoms with Crippen molar-refractivity contribution in [2.75, 3.05) is 40.5 Å². The molecule has 0 heterocycles. The van der Waals surface area contributed by atoms with Crippen LogP contribution in [0.25, 0.3) is 0 Å². The second-order valence-electron chi connectivity index (χ2n) is 7.38. The van der Waals surface area contributed by atoms with Crippen molar-refractivity contribution in [1.29, 1.82) is 0 Å². The summed E-state index contributed by atoms with van der Waals surface area (Å²) in [4.78, 5) is 4.78. The van der Waals surface area contributed by atoms with Gasteiger partial charge in [-0.2, -0.15) is 0 Å². The van der Waals surface area contributed by atoms with Crippen molar-refractivity contribution in [2.24, 2.45) is 10.4 Å². The highest BCUT2D eigenvalue weighted by molar-refractivity contribution is 14.0. The molecule has 29 heavy (non-hydrogen) atoms. The number of ether oxygens (including phenoxy) is 3. The van der Waals surface area contributed by atoms with Crippen LogP contribution in [0.5, 0.6) is 11.5 Å². The molecule has 0 radical (unpaired) electrons. The molecule has 166 valence electrons. The zero-order valence-electron chi connectivity index (χ0n) is 18.4. The Hall–Kier alpha value is -1.22. The molecule has 0 unspecified atom stereocenters. The van der Waals surface area contributed by atoms with Crippen LogP contribution in [-0.2, 0) is 11.3 Å². The molecule has 6 nitrogen and oxygen atoms in total. The van der Waals surface area contributed by atoms with Crippen LogP contribution in [0.15, 0.2) is 23.2 Å². The fraction of sp³-hybridized carbons (Fsp3) is 0.682. The second kappa shape index (κ2) is 13.9.